The van der Waals surface area contributed by atoms with Gasteiger partial charge in [0.2, 0.25) is 5.76 Å². The maximum Gasteiger partial charge on any atom is 0.297 e. The molecule has 5 rings (SSSR count). The molecular formula is C28H28N2O5S. The summed E-state index contributed by atoms with van der Waals surface area (Å²) in [6, 6.07) is 8.47. The van der Waals surface area contributed by atoms with Crippen molar-refractivity contribution in [3.8, 4) is 11.5 Å². The van der Waals surface area contributed by atoms with Crippen molar-refractivity contribution in [3.05, 3.63) is 80.1 Å². The number of anilines is 1. The van der Waals surface area contributed by atoms with Crippen molar-refractivity contribution in [2.45, 2.75) is 46.1 Å². The second-order valence-corrected chi connectivity index (χ2v) is 9.84. The van der Waals surface area contributed by atoms with Gasteiger partial charge in [-0.15, -0.1) is 11.3 Å². The molecule has 0 saturated carbocycles. The molecule has 2 aromatic carbocycles. The molecule has 1 amide bonds. The van der Waals surface area contributed by atoms with Gasteiger partial charge >= 0.3 is 0 Å². The Balaban J connectivity index is 1.67. The van der Waals surface area contributed by atoms with Crippen molar-refractivity contribution in [1.82, 2.24) is 4.98 Å². The molecule has 4 aromatic rings. The number of aryl methyl sites for hydroxylation is 2. The van der Waals surface area contributed by atoms with E-state index >= 15 is 0 Å². The lowest BCUT2D eigenvalue weighted by Crippen LogP contribution is -2.29. The third-order valence-corrected chi connectivity index (χ3v) is 7.39. The summed E-state index contributed by atoms with van der Waals surface area (Å²) in [6.45, 7) is 6.64. The summed E-state index contributed by atoms with van der Waals surface area (Å²) in [6.07, 6.45) is 4.79. The van der Waals surface area contributed by atoms with Crippen LogP contribution in [0.3, 0.4) is 0 Å². The van der Waals surface area contributed by atoms with Crippen molar-refractivity contribution in [1.29, 1.82) is 0 Å². The number of hydrogen-bond donors (Lipinski definition) is 0. The molecule has 0 spiro atoms. The van der Waals surface area contributed by atoms with Gasteiger partial charge in [-0.05, 0) is 61.2 Å². The van der Waals surface area contributed by atoms with Gasteiger partial charge in [0.05, 0.1) is 30.7 Å². The van der Waals surface area contributed by atoms with Crippen molar-refractivity contribution < 1.29 is 18.7 Å². The van der Waals surface area contributed by atoms with Crippen LogP contribution >= 0.6 is 11.3 Å². The number of ether oxygens (including phenoxy) is 2. The first-order valence-corrected chi connectivity index (χ1v) is 12.9. The van der Waals surface area contributed by atoms with E-state index in [1.165, 1.54) is 16.2 Å². The zero-order valence-corrected chi connectivity index (χ0v) is 21.6. The largest absolute Gasteiger partial charge is 0.493 e. The van der Waals surface area contributed by atoms with Gasteiger partial charge < -0.3 is 13.9 Å². The van der Waals surface area contributed by atoms with E-state index in [1.54, 1.807) is 18.7 Å². The Morgan fingerprint density at radius 2 is 1.89 bits per heavy atom. The maximum atomic E-state index is 13.8. The number of unbranched alkanes of at least 4 members (excludes halogenated alkanes) is 2. The van der Waals surface area contributed by atoms with Crippen molar-refractivity contribution in [2.75, 3.05) is 18.6 Å². The van der Waals surface area contributed by atoms with Crippen molar-refractivity contribution >= 4 is 33.3 Å². The van der Waals surface area contributed by atoms with Gasteiger partial charge in [-0.2, -0.15) is 0 Å². The zero-order chi connectivity index (χ0) is 25.4. The van der Waals surface area contributed by atoms with E-state index in [2.05, 4.69) is 11.9 Å². The Labute approximate surface area is 213 Å². The molecule has 1 aliphatic rings. The van der Waals surface area contributed by atoms with E-state index < -0.39 is 6.04 Å². The van der Waals surface area contributed by atoms with E-state index in [0.717, 1.165) is 30.4 Å². The summed E-state index contributed by atoms with van der Waals surface area (Å²) in [5, 5.41) is 2.75. The van der Waals surface area contributed by atoms with Crippen molar-refractivity contribution in [3.63, 3.8) is 0 Å². The lowest BCUT2D eigenvalue weighted by Gasteiger charge is -2.23. The van der Waals surface area contributed by atoms with Crippen LogP contribution in [0.25, 0.3) is 11.0 Å². The number of benzene rings is 2. The van der Waals surface area contributed by atoms with Crippen LogP contribution in [0.4, 0.5) is 5.13 Å². The van der Waals surface area contributed by atoms with Crippen LogP contribution in [0, 0.1) is 13.8 Å². The number of aromatic nitrogens is 1. The summed E-state index contributed by atoms with van der Waals surface area (Å²) in [4.78, 5) is 33.4. The minimum absolute atomic E-state index is 0.0508. The molecule has 1 atom stereocenters. The normalized spacial score (nSPS) is 14.9. The molecule has 8 heteroatoms. The van der Waals surface area contributed by atoms with Crippen LogP contribution in [0.2, 0.25) is 0 Å². The number of thiazole rings is 1. The molecule has 1 aliphatic heterocycles. The third-order valence-electron chi connectivity index (χ3n) is 6.62. The number of nitrogens with zero attached hydrogens (tertiary/aromatic N) is 2. The van der Waals surface area contributed by atoms with Gasteiger partial charge in [-0.3, -0.25) is 14.5 Å². The second-order valence-electron chi connectivity index (χ2n) is 8.96. The highest BCUT2D eigenvalue weighted by molar-refractivity contribution is 7.13. The highest BCUT2D eigenvalue weighted by Gasteiger charge is 2.45. The van der Waals surface area contributed by atoms with Gasteiger partial charge in [0, 0.05) is 11.6 Å². The molecule has 7 nitrogen and oxygen atoms in total. The molecule has 3 heterocycles. The van der Waals surface area contributed by atoms with Crippen molar-refractivity contribution in [2.24, 2.45) is 0 Å². The quantitative estimate of drug-likeness (QED) is 0.266. The van der Waals surface area contributed by atoms with Gasteiger partial charge in [-0.25, -0.2) is 4.98 Å². The minimum atomic E-state index is -0.705. The Kier molecular flexibility index (Phi) is 6.53. The Hall–Kier alpha value is -3.65. The van der Waals surface area contributed by atoms with Crippen LogP contribution < -0.4 is 19.8 Å². The van der Waals surface area contributed by atoms with Crippen LogP contribution in [0.15, 0.2) is 51.1 Å². The first-order chi connectivity index (χ1) is 17.4. The molecular weight excluding hydrogens is 476 g/mol. The fourth-order valence-corrected chi connectivity index (χ4v) is 5.25. The first-order valence-electron chi connectivity index (χ1n) is 12.1. The number of carbonyl (C=O) groups excluding carboxylic acids is 1. The number of amides is 1. The van der Waals surface area contributed by atoms with Crippen LogP contribution in [-0.4, -0.2) is 24.6 Å². The Bertz CT molecular complexity index is 1490. The maximum absolute atomic E-state index is 13.8. The van der Waals surface area contributed by atoms with Gasteiger partial charge in [0.15, 0.2) is 22.1 Å². The number of carbonyl (C=O) groups is 1. The highest BCUT2D eigenvalue weighted by atomic mass is 32.1. The van der Waals surface area contributed by atoms with E-state index in [-0.39, 0.29) is 17.1 Å². The van der Waals surface area contributed by atoms with Crippen LogP contribution in [0.1, 0.15) is 65.0 Å². The summed E-state index contributed by atoms with van der Waals surface area (Å²) in [7, 11) is 1.58. The molecule has 0 radical (unpaired) electrons. The third kappa shape index (κ3) is 4.05. The van der Waals surface area contributed by atoms with E-state index in [0.29, 0.717) is 45.3 Å². The summed E-state index contributed by atoms with van der Waals surface area (Å²) < 4.78 is 17.7. The average Bonchev–Trinajstić information content (AvgIpc) is 3.50. The lowest BCUT2D eigenvalue weighted by atomic mass is 9.97. The summed E-state index contributed by atoms with van der Waals surface area (Å²) in [5.41, 5.74) is 3.19. The smallest absolute Gasteiger partial charge is 0.297 e. The monoisotopic (exact) mass is 504 g/mol. The molecule has 36 heavy (non-hydrogen) atoms. The predicted octanol–water partition coefficient (Wildman–Crippen LogP) is 6.19. The number of methoxy groups -OCH3 is 1. The lowest BCUT2D eigenvalue weighted by molar-refractivity contribution is 0.0971. The fraction of sp³-hybridized carbons (Fsp3) is 0.321. The SMILES string of the molecule is CCCCCOc1ccc(C2c3c(oc4cc(C)c(C)cc4c3=O)C(=O)N2c2nccs2)cc1OC. The number of hydrogen-bond acceptors (Lipinski definition) is 7. The summed E-state index contributed by atoms with van der Waals surface area (Å²) in [5.74, 6) is 0.829. The van der Waals surface area contributed by atoms with E-state index in [1.807, 2.05) is 44.2 Å². The van der Waals surface area contributed by atoms with E-state index in [4.69, 9.17) is 13.9 Å². The molecule has 0 aliphatic carbocycles. The molecule has 0 saturated heterocycles. The molecule has 186 valence electrons. The predicted molar refractivity (Wildman–Crippen MR) is 141 cm³/mol. The molecule has 0 fully saturated rings. The first kappa shape index (κ1) is 24.1. The standard InChI is InChI=1S/C28H28N2O5S/c1-5-6-7-11-34-20-9-8-18(15-22(20)33-4)24-23-25(31)19-13-16(2)17(3)14-21(19)35-26(23)27(32)30(24)28-29-10-12-36-28/h8-10,12-15,24H,5-7,11H2,1-4H3. The molecule has 1 unspecified atom stereocenters. The zero-order valence-electron chi connectivity index (χ0n) is 20.8. The molecule has 2 aromatic heterocycles. The van der Waals surface area contributed by atoms with Crippen LogP contribution in [0.5, 0.6) is 11.5 Å². The highest BCUT2D eigenvalue weighted by Crippen LogP contribution is 2.43. The van der Waals surface area contributed by atoms with Crippen LogP contribution in [-0.2, 0) is 0 Å². The Morgan fingerprint density at radius 3 is 2.61 bits per heavy atom. The molecule has 0 N–H and O–H groups in total. The van der Waals surface area contributed by atoms with Gasteiger partial charge in [0.1, 0.15) is 5.58 Å². The van der Waals surface area contributed by atoms with E-state index in [9.17, 15) is 9.59 Å². The summed E-state index contributed by atoms with van der Waals surface area (Å²) >= 11 is 1.33. The second kappa shape index (κ2) is 9.78. The molecule has 0 bridgehead atoms. The van der Waals surface area contributed by atoms with Gasteiger partial charge in [-0.1, -0.05) is 25.8 Å². The number of rotatable bonds is 8. The minimum Gasteiger partial charge on any atom is -0.493 e. The Morgan fingerprint density at radius 1 is 1.08 bits per heavy atom. The average molecular weight is 505 g/mol. The number of fused-ring (bicyclic) bond motifs is 2. The topological polar surface area (TPSA) is 81.9 Å². The fourth-order valence-electron chi connectivity index (χ4n) is 4.58. The van der Waals surface area contributed by atoms with Gasteiger partial charge in [0.25, 0.3) is 5.91 Å².